The molecule has 0 spiro atoms. The number of piperazine rings is 1. The van der Waals surface area contributed by atoms with Crippen LogP contribution >= 0.6 is 11.3 Å². The second-order valence-electron chi connectivity index (χ2n) is 9.51. The molecule has 0 amide bonds. The lowest BCUT2D eigenvalue weighted by molar-refractivity contribution is 0.00108. The fourth-order valence-corrected chi connectivity index (χ4v) is 5.80. The Morgan fingerprint density at radius 2 is 1.97 bits per heavy atom. The lowest BCUT2D eigenvalue weighted by Crippen LogP contribution is -2.48. The Balaban J connectivity index is 1.58. The van der Waals surface area contributed by atoms with E-state index in [4.69, 9.17) is 9.72 Å². The molecular weight excluding hydrogens is 507 g/mol. The van der Waals surface area contributed by atoms with E-state index in [9.17, 15) is 19.1 Å². The first kappa shape index (κ1) is 26.3. The Hall–Kier alpha value is -3.34. The van der Waals surface area contributed by atoms with Crippen LogP contribution in [0.2, 0.25) is 0 Å². The summed E-state index contributed by atoms with van der Waals surface area (Å²) in [5.41, 5.74) is 2.14. The number of fused-ring (bicyclic) bond motifs is 1. The van der Waals surface area contributed by atoms with E-state index in [1.165, 1.54) is 22.0 Å². The molecule has 1 N–H and O–H groups in total. The van der Waals surface area contributed by atoms with E-state index in [0.717, 1.165) is 16.1 Å². The Morgan fingerprint density at radius 1 is 1.18 bits per heavy atom. The molecule has 0 radical (unpaired) electrons. The number of pyridine rings is 2. The number of hydrogen-bond donors (Lipinski definition) is 1. The van der Waals surface area contributed by atoms with Crippen LogP contribution in [0.5, 0.6) is 0 Å². The van der Waals surface area contributed by atoms with E-state index in [1.807, 2.05) is 46.4 Å². The first-order valence-corrected chi connectivity index (χ1v) is 13.7. The minimum absolute atomic E-state index is 0.0182. The first-order valence-electron chi connectivity index (χ1n) is 12.8. The number of aryl methyl sites for hydroxylation is 1. The fourth-order valence-electron chi connectivity index (χ4n) is 5.06. The van der Waals surface area contributed by atoms with Crippen molar-refractivity contribution in [3.8, 4) is 0 Å². The van der Waals surface area contributed by atoms with Gasteiger partial charge in [0.2, 0.25) is 0 Å². The Morgan fingerprint density at radius 3 is 2.63 bits per heavy atom. The maximum absolute atomic E-state index is 14.0. The molecule has 1 fully saturated rings. The molecule has 2 aliphatic rings. The lowest BCUT2D eigenvalue weighted by atomic mass is 10.0. The maximum atomic E-state index is 14.0. The molecule has 0 bridgehead atoms. The van der Waals surface area contributed by atoms with Crippen molar-refractivity contribution in [3.63, 3.8) is 0 Å². The molecule has 1 aliphatic carbocycles. The molecule has 200 valence electrons. The lowest BCUT2D eigenvalue weighted by Gasteiger charge is -2.39. The fraction of sp³-hybridized carbons (Fsp3) is 0.393. The van der Waals surface area contributed by atoms with Crippen molar-refractivity contribution in [1.82, 2.24) is 14.5 Å². The summed E-state index contributed by atoms with van der Waals surface area (Å²) in [7, 11) is 0. The van der Waals surface area contributed by atoms with Crippen LogP contribution in [-0.4, -0.2) is 58.3 Å². The van der Waals surface area contributed by atoms with Crippen molar-refractivity contribution in [2.24, 2.45) is 0 Å². The van der Waals surface area contributed by atoms with Gasteiger partial charge in [0.1, 0.15) is 23.3 Å². The predicted molar refractivity (Wildman–Crippen MR) is 146 cm³/mol. The number of halogens is 1. The summed E-state index contributed by atoms with van der Waals surface area (Å²) in [6.07, 6.45) is 3.21. The number of rotatable bonds is 7. The molecular formula is C28H31FN4O4S. The molecule has 1 atom stereocenters. The number of carbonyl (C=O) groups excluding carboxylic acids is 1. The van der Waals surface area contributed by atoms with Gasteiger partial charge in [0.15, 0.2) is 0 Å². The normalized spacial score (nSPS) is 17.3. The van der Waals surface area contributed by atoms with Crippen LogP contribution in [0, 0.1) is 6.92 Å². The van der Waals surface area contributed by atoms with Crippen LogP contribution in [0.15, 0.2) is 58.0 Å². The molecule has 1 saturated heterocycles. The van der Waals surface area contributed by atoms with Crippen molar-refractivity contribution in [2.45, 2.75) is 39.5 Å². The van der Waals surface area contributed by atoms with Gasteiger partial charge in [0, 0.05) is 55.1 Å². The summed E-state index contributed by atoms with van der Waals surface area (Å²) < 4.78 is 20.5. The SMILES string of the molecule is CCOC(=O)c1c(N2CCN(C(O)c3cccs3)CC2)c2ccc(C)nc2n(CC2=CC=C(F)CC2)c1=O. The highest BCUT2D eigenvalue weighted by Crippen LogP contribution is 2.32. The highest BCUT2D eigenvalue weighted by Gasteiger charge is 2.31. The second-order valence-corrected chi connectivity index (χ2v) is 10.5. The van der Waals surface area contributed by atoms with Crippen LogP contribution in [0.4, 0.5) is 10.1 Å². The summed E-state index contributed by atoms with van der Waals surface area (Å²) in [4.78, 5) is 36.8. The number of nitrogens with zero attached hydrogens (tertiary/aromatic N) is 4. The number of esters is 1. The van der Waals surface area contributed by atoms with Crippen LogP contribution in [0.1, 0.15) is 46.9 Å². The van der Waals surface area contributed by atoms with Crippen LogP contribution in [-0.2, 0) is 11.3 Å². The van der Waals surface area contributed by atoms with E-state index in [0.29, 0.717) is 49.3 Å². The predicted octanol–water partition coefficient (Wildman–Crippen LogP) is 4.33. The largest absolute Gasteiger partial charge is 0.462 e. The molecule has 10 heteroatoms. The number of thiophene rings is 1. The van der Waals surface area contributed by atoms with E-state index < -0.39 is 17.8 Å². The third-order valence-electron chi connectivity index (χ3n) is 7.02. The van der Waals surface area contributed by atoms with Crippen LogP contribution < -0.4 is 10.5 Å². The van der Waals surface area contributed by atoms with Gasteiger partial charge in [-0.15, -0.1) is 11.3 Å². The van der Waals surface area contributed by atoms with Gasteiger partial charge < -0.3 is 14.7 Å². The molecule has 3 aromatic rings. The molecule has 3 aromatic heterocycles. The number of anilines is 1. The summed E-state index contributed by atoms with van der Waals surface area (Å²) in [6.45, 7) is 6.04. The van der Waals surface area contributed by atoms with E-state index in [-0.39, 0.29) is 31.0 Å². The third-order valence-corrected chi connectivity index (χ3v) is 7.93. The first-order chi connectivity index (χ1) is 18.4. The molecule has 1 aliphatic heterocycles. The van der Waals surface area contributed by atoms with Gasteiger partial charge in [-0.25, -0.2) is 14.2 Å². The van der Waals surface area contributed by atoms with Crippen LogP contribution in [0.25, 0.3) is 11.0 Å². The second kappa shape index (κ2) is 11.2. The quantitative estimate of drug-likeness (QED) is 0.448. The van der Waals surface area contributed by atoms with Crippen molar-refractivity contribution >= 4 is 34.0 Å². The van der Waals surface area contributed by atoms with Crippen molar-refractivity contribution in [3.05, 3.63) is 79.7 Å². The Bertz CT molecular complexity index is 1460. The smallest absolute Gasteiger partial charge is 0.345 e. The van der Waals surface area contributed by atoms with Gasteiger partial charge in [-0.05, 0) is 55.5 Å². The molecule has 38 heavy (non-hydrogen) atoms. The van der Waals surface area contributed by atoms with Crippen LogP contribution in [0.3, 0.4) is 0 Å². The Labute approximate surface area is 224 Å². The average Bonchev–Trinajstić information content (AvgIpc) is 3.46. The van der Waals surface area contributed by atoms with Gasteiger partial charge in [0.25, 0.3) is 5.56 Å². The Kier molecular flexibility index (Phi) is 7.73. The number of carbonyl (C=O) groups is 1. The van der Waals surface area contributed by atoms with Gasteiger partial charge in [-0.1, -0.05) is 12.1 Å². The summed E-state index contributed by atoms with van der Waals surface area (Å²) >= 11 is 1.51. The van der Waals surface area contributed by atoms with E-state index in [2.05, 4.69) is 0 Å². The summed E-state index contributed by atoms with van der Waals surface area (Å²) in [5.74, 6) is -0.862. The topological polar surface area (TPSA) is 87.9 Å². The number of allylic oxidation sites excluding steroid dienone is 4. The molecule has 5 rings (SSSR count). The molecule has 8 nitrogen and oxygen atoms in total. The monoisotopic (exact) mass is 538 g/mol. The highest BCUT2D eigenvalue weighted by atomic mass is 32.1. The number of ether oxygens (including phenoxy) is 1. The average molecular weight is 539 g/mol. The zero-order valence-corrected chi connectivity index (χ0v) is 22.3. The van der Waals surface area contributed by atoms with Gasteiger partial charge in [-0.3, -0.25) is 14.3 Å². The minimum Gasteiger partial charge on any atom is -0.462 e. The molecule has 1 unspecified atom stereocenters. The molecule has 0 saturated carbocycles. The minimum atomic E-state index is -0.696. The number of aliphatic hydroxyl groups is 1. The summed E-state index contributed by atoms with van der Waals surface area (Å²) in [5, 5.41) is 13.4. The zero-order chi connectivity index (χ0) is 26.8. The van der Waals surface area contributed by atoms with Gasteiger partial charge in [-0.2, -0.15) is 0 Å². The van der Waals surface area contributed by atoms with Gasteiger partial charge in [0.05, 0.1) is 12.3 Å². The standard InChI is InChI=1S/C28H31FN4O4S/c1-3-37-28(36)23-24(31-12-14-32(15-13-31)26(34)22-5-4-16-38-22)21-11-6-18(2)30-25(21)33(27(23)35)17-19-7-9-20(29)10-8-19/h4-7,9,11,16,26,34H,3,8,10,12-15,17H2,1-2H3. The highest BCUT2D eigenvalue weighted by molar-refractivity contribution is 7.10. The van der Waals surface area contributed by atoms with Crippen molar-refractivity contribution in [1.29, 1.82) is 0 Å². The number of aromatic nitrogens is 2. The van der Waals surface area contributed by atoms with Gasteiger partial charge >= 0.3 is 5.97 Å². The third kappa shape index (κ3) is 5.16. The number of hydrogen-bond acceptors (Lipinski definition) is 8. The zero-order valence-electron chi connectivity index (χ0n) is 21.5. The van der Waals surface area contributed by atoms with E-state index >= 15 is 0 Å². The number of aliphatic hydroxyl groups excluding tert-OH is 1. The molecule has 4 heterocycles. The van der Waals surface area contributed by atoms with Crippen molar-refractivity contribution in [2.75, 3.05) is 37.7 Å². The summed E-state index contributed by atoms with van der Waals surface area (Å²) in [6, 6.07) is 7.59. The molecule has 0 aromatic carbocycles. The van der Waals surface area contributed by atoms with E-state index in [1.54, 1.807) is 13.0 Å². The van der Waals surface area contributed by atoms with Crippen molar-refractivity contribution < 1.29 is 19.0 Å². The maximum Gasteiger partial charge on any atom is 0.345 e.